The van der Waals surface area contributed by atoms with Crippen LogP contribution in [-0.4, -0.2) is 29.1 Å². The smallest absolute Gasteiger partial charge is 0.274 e. The highest BCUT2D eigenvalue weighted by molar-refractivity contribution is 7.97. The molecule has 0 unspecified atom stereocenters. The van der Waals surface area contributed by atoms with E-state index in [1.807, 2.05) is 6.07 Å². The van der Waals surface area contributed by atoms with Gasteiger partial charge in [0, 0.05) is 29.1 Å². The number of fused-ring (bicyclic) bond motifs is 1. The molecule has 2 N–H and O–H groups in total. The number of nitrogens with one attached hydrogen (secondary N) is 1. The van der Waals surface area contributed by atoms with Crippen molar-refractivity contribution in [2.24, 2.45) is 0 Å². The van der Waals surface area contributed by atoms with E-state index in [-0.39, 0.29) is 0 Å². The summed E-state index contributed by atoms with van der Waals surface area (Å²) in [5, 5.41) is 8.88. The van der Waals surface area contributed by atoms with Crippen molar-refractivity contribution in [2.45, 2.75) is 44.0 Å². The van der Waals surface area contributed by atoms with Crippen LogP contribution in [0.5, 0.6) is 5.75 Å². The predicted octanol–water partition coefficient (Wildman–Crippen LogP) is 4.22. The minimum atomic E-state index is -0.518. The van der Waals surface area contributed by atoms with Crippen molar-refractivity contribution < 1.29 is 14.7 Å². The predicted molar refractivity (Wildman–Crippen MR) is 107 cm³/mol. The Balaban J connectivity index is 1.71. The number of hydrogen-bond acceptors (Lipinski definition) is 5. The molecule has 1 aliphatic heterocycles. The summed E-state index contributed by atoms with van der Waals surface area (Å²) in [7, 11) is 1.61. The summed E-state index contributed by atoms with van der Waals surface area (Å²) in [6, 6.07) is 12.3. The van der Waals surface area contributed by atoms with Gasteiger partial charge in [0.15, 0.2) is 0 Å². The Bertz CT molecular complexity index is 776. The first kappa shape index (κ1) is 19.7. The van der Waals surface area contributed by atoms with Crippen LogP contribution < -0.4 is 10.2 Å². The fourth-order valence-electron chi connectivity index (χ4n) is 3.31. The summed E-state index contributed by atoms with van der Waals surface area (Å²) >= 11 is 1.75. The monoisotopic (exact) mass is 386 g/mol. The lowest BCUT2D eigenvalue weighted by molar-refractivity contribution is 0.0706. The van der Waals surface area contributed by atoms with Crippen LogP contribution in [0, 0.1) is 0 Å². The number of nitrogens with zero attached hydrogens (tertiary/aromatic N) is 1. The molecule has 6 heteroatoms. The number of carbonyl (C=O) groups is 1. The molecule has 0 saturated heterocycles. The molecule has 0 atom stereocenters. The Morgan fingerprint density at radius 2 is 2.07 bits per heavy atom. The third kappa shape index (κ3) is 4.83. The lowest BCUT2D eigenvalue weighted by atomic mass is 9.97. The topological polar surface area (TPSA) is 61.8 Å². The van der Waals surface area contributed by atoms with Crippen LogP contribution in [0.25, 0.3) is 0 Å². The van der Waals surface area contributed by atoms with Gasteiger partial charge in [0.25, 0.3) is 5.91 Å². The summed E-state index contributed by atoms with van der Waals surface area (Å²) in [5.74, 6) is 0.169. The van der Waals surface area contributed by atoms with Crippen molar-refractivity contribution in [1.29, 1.82) is 0 Å². The van der Waals surface area contributed by atoms with Gasteiger partial charge in [0.05, 0.1) is 7.11 Å². The first-order valence-electron chi connectivity index (χ1n) is 9.30. The Labute approximate surface area is 164 Å². The first-order valence-corrected chi connectivity index (χ1v) is 10.1. The maximum absolute atomic E-state index is 11.7. The Hall–Kier alpha value is -2.02. The molecule has 0 aliphatic carbocycles. The van der Waals surface area contributed by atoms with Gasteiger partial charge in [-0.3, -0.25) is 10.0 Å². The molecule has 0 fully saturated rings. The van der Waals surface area contributed by atoms with Crippen LogP contribution in [0.15, 0.2) is 41.3 Å². The van der Waals surface area contributed by atoms with E-state index in [1.165, 1.54) is 23.3 Å². The van der Waals surface area contributed by atoms with E-state index < -0.39 is 5.91 Å². The van der Waals surface area contributed by atoms with Crippen molar-refractivity contribution in [1.82, 2.24) is 9.79 Å². The van der Waals surface area contributed by atoms with E-state index in [2.05, 4.69) is 35.5 Å². The third-order valence-electron chi connectivity index (χ3n) is 4.83. The Morgan fingerprint density at radius 3 is 2.74 bits per heavy atom. The number of hydrogen-bond donors (Lipinski definition) is 2. The van der Waals surface area contributed by atoms with Crippen molar-refractivity contribution in [3.8, 4) is 5.75 Å². The average molecular weight is 387 g/mol. The zero-order valence-electron chi connectivity index (χ0n) is 15.8. The molecule has 1 aliphatic rings. The quantitative estimate of drug-likeness (QED) is 0.424. The van der Waals surface area contributed by atoms with Crippen LogP contribution >= 0.6 is 11.9 Å². The van der Waals surface area contributed by atoms with Crippen LogP contribution in [0.1, 0.15) is 46.8 Å². The second kappa shape index (κ2) is 9.26. The number of hydroxylamine groups is 1. The zero-order valence-corrected chi connectivity index (χ0v) is 16.6. The highest BCUT2D eigenvalue weighted by Gasteiger charge is 2.23. The van der Waals surface area contributed by atoms with E-state index in [1.54, 1.807) is 30.6 Å². The summed E-state index contributed by atoms with van der Waals surface area (Å²) in [5.41, 5.74) is 5.69. The third-order valence-corrected chi connectivity index (χ3v) is 5.88. The molecule has 0 aromatic heterocycles. The van der Waals surface area contributed by atoms with Gasteiger partial charge in [-0.1, -0.05) is 25.5 Å². The lowest BCUT2D eigenvalue weighted by Crippen LogP contribution is -2.26. The van der Waals surface area contributed by atoms with Gasteiger partial charge in [0.1, 0.15) is 5.75 Å². The Kier molecular flexibility index (Phi) is 6.77. The van der Waals surface area contributed by atoms with Gasteiger partial charge in [-0.2, -0.15) is 0 Å². The van der Waals surface area contributed by atoms with Gasteiger partial charge >= 0.3 is 0 Å². The van der Waals surface area contributed by atoms with Gasteiger partial charge in [-0.05, 0) is 66.6 Å². The van der Waals surface area contributed by atoms with E-state index in [4.69, 9.17) is 9.94 Å². The van der Waals surface area contributed by atoms with E-state index in [9.17, 15) is 4.79 Å². The molecule has 0 radical (unpaired) electrons. The van der Waals surface area contributed by atoms with Crippen molar-refractivity contribution in [3.05, 3.63) is 58.7 Å². The molecular formula is C21H26N2O3S. The maximum atomic E-state index is 11.7. The number of amides is 1. The highest BCUT2D eigenvalue weighted by Crippen LogP contribution is 2.34. The lowest BCUT2D eigenvalue weighted by Gasteiger charge is -2.29. The molecule has 0 spiro atoms. The minimum Gasteiger partial charge on any atom is -0.496 e. The number of rotatable bonds is 7. The van der Waals surface area contributed by atoms with Crippen LogP contribution in [0.2, 0.25) is 0 Å². The minimum absolute atomic E-state index is 0.414. The molecular weight excluding hydrogens is 360 g/mol. The molecule has 1 amide bonds. The molecule has 3 rings (SSSR count). The summed E-state index contributed by atoms with van der Waals surface area (Å²) in [6.07, 6.45) is 4.41. The summed E-state index contributed by atoms with van der Waals surface area (Å²) < 4.78 is 7.82. The van der Waals surface area contributed by atoms with Gasteiger partial charge in [-0.25, -0.2) is 9.79 Å². The molecule has 5 nitrogen and oxygen atoms in total. The van der Waals surface area contributed by atoms with Crippen molar-refractivity contribution in [2.75, 3.05) is 13.7 Å². The van der Waals surface area contributed by atoms with Crippen molar-refractivity contribution in [3.63, 3.8) is 0 Å². The highest BCUT2D eigenvalue weighted by atomic mass is 32.2. The fraction of sp³-hybridized carbons (Fsp3) is 0.381. The number of unbranched alkanes of at least 4 members (excludes halogenated alkanes) is 1. The number of ether oxygens (including phenoxy) is 1. The van der Waals surface area contributed by atoms with Gasteiger partial charge in [-0.15, -0.1) is 0 Å². The second-order valence-electron chi connectivity index (χ2n) is 6.71. The van der Waals surface area contributed by atoms with E-state index in [0.29, 0.717) is 11.3 Å². The number of methoxy groups -OCH3 is 1. The van der Waals surface area contributed by atoms with Gasteiger partial charge in [0.2, 0.25) is 0 Å². The SMILES string of the molecule is CCCCc1ccc(SN2CCc3cc(C(=O)NO)cc(OC)c3C2)cc1. The normalized spacial score (nSPS) is 13.9. The second-order valence-corrected chi connectivity index (χ2v) is 7.88. The number of aryl methyl sites for hydroxylation is 1. The largest absolute Gasteiger partial charge is 0.496 e. The van der Waals surface area contributed by atoms with E-state index >= 15 is 0 Å². The molecule has 2 aromatic carbocycles. The summed E-state index contributed by atoms with van der Waals surface area (Å²) in [6.45, 7) is 3.86. The first-order chi connectivity index (χ1) is 13.1. The van der Waals surface area contributed by atoms with E-state index in [0.717, 1.165) is 37.1 Å². The molecule has 1 heterocycles. The molecule has 0 bridgehead atoms. The molecule has 0 saturated carbocycles. The van der Waals surface area contributed by atoms with Crippen molar-refractivity contribution >= 4 is 17.9 Å². The maximum Gasteiger partial charge on any atom is 0.274 e. The molecule has 2 aromatic rings. The average Bonchev–Trinajstić information content (AvgIpc) is 2.71. The number of carbonyl (C=O) groups excluding carboxylic acids is 1. The number of benzene rings is 2. The molecule has 144 valence electrons. The Morgan fingerprint density at radius 1 is 1.30 bits per heavy atom. The van der Waals surface area contributed by atoms with Gasteiger partial charge < -0.3 is 4.74 Å². The zero-order chi connectivity index (χ0) is 19.2. The van der Waals surface area contributed by atoms with Crippen LogP contribution in [0.4, 0.5) is 0 Å². The summed E-state index contributed by atoms with van der Waals surface area (Å²) in [4.78, 5) is 13.0. The molecule has 27 heavy (non-hydrogen) atoms. The standard InChI is InChI=1S/C21H26N2O3S/c1-3-4-5-15-6-8-18(9-7-15)27-23-11-10-16-12-17(21(24)22-25)13-20(26-2)19(16)14-23/h6-9,12-13,25H,3-5,10-11,14H2,1-2H3,(H,22,24). The fourth-order valence-corrected chi connectivity index (χ4v) is 4.24. The van der Waals surface area contributed by atoms with Crippen LogP contribution in [-0.2, 0) is 19.4 Å². The van der Waals surface area contributed by atoms with Crippen LogP contribution in [0.3, 0.4) is 0 Å².